The lowest BCUT2D eigenvalue weighted by molar-refractivity contribution is 0.308. The van der Waals surface area contributed by atoms with Gasteiger partial charge in [-0.05, 0) is 26.0 Å². The molecule has 0 aliphatic heterocycles. The lowest BCUT2D eigenvalue weighted by atomic mass is 10.2. The van der Waals surface area contributed by atoms with Crippen LogP contribution < -0.4 is 4.74 Å². The van der Waals surface area contributed by atoms with E-state index in [4.69, 9.17) is 16.3 Å². The van der Waals surface area contributed by atoms with Crippen molar-refractivity contribution < 1.29 is 4.74 Å². The molecule has 0 spiro atoms. The van der Waals surface area contributed by atoms with Crippen LogP contribution in [0.2, 0.25) is 5.15 Å². The van der Waals surface area contributed by atoms with Crippen molar-refractivity contribution in [1.29, 1.82) is 0 Å². The molecule has 0 saturated carbocycles. The van der Waals surface area contributed by atoms with Gasteiger partial charge in [0.25, 0.3) is 0 Å². The Morgan fingerprint density at radius 1 is 1.19 bits per heavy atom. The molecule has 3 aromatic rings. The van der Waals surface area contributed by atoms with Crippen LogP contribution in [0.3, 0.4) is 0 Å². The number of hydrogen-bond donors (Lipinski definition) is 0. The summed E-state index contributed by atoms with van der Waals surface area (Å²) in [7, 11) is 1.82. The van der Waals surface area contributed by atoms with Crippen molar-refractivity contribution in [3.05, 3.63) is 52.4 Å². The summed E-state index contributed by atoms with van der Waals surface area (Å²) in [5.41, 5.74) is 3.63. The lowest BCUT2D eigenvalue weighted by Crippen LogP contribution is -1.98. The van der Waals surface area contributed by atoms with Crippen molar-refractivity contribution in [3.8, 4) is 5.75 Å². The molecule has 0 fully saturated rings. The number of para-hydroxylation sites is 1. The molecule has 0 atom stereocenters. The number of ether oxygens (including phenoxy) is 1. The number of fused-ring (bicyclic) bond motifs is 1. The molecule has 5 heteroatoms. The summed E-state index contributed by atoms with van der Waals surface area (Å²) in [5.74, 6) is 0.760. The van der Waals surface area contributed by atoms with E-state index >= 15 is 0 Å². The highest BCUT2D eigenvalue weighted by molar-refractivity contribution is 6.30. The summed E-state index contributed by atoms with van der Waals surface area (Å²) in [6.07, 6.45) is 0. The largest absolute Gasteiger partial charge is 0.486 e. The number of aryl methyl sites for hydroxylation is 3. The zero-order valence-electron chi connectivity index (χ0n) is 12.2. The first kappa shape index (κ1) is 13.9. The SMILES string of the molecule is Cc1ccc2cccc(OCc3c(C)nn(C)c3Cl)c2n1. The second-order valence-electron chi connectivity index (χ2n) is 5.05. The summed E-state index contributed by atoms with van der Waals surface area (Å²) in [6.45, 7) is 4.28. The van der Waals surface area contributed by atoms with Crippen molar-refractivity contribution in [3.63, 3.8) is 0 Å². The normalized spacial score (nSPS) is 11.0. The van der Waals surface area contributed by atoms with Gasteiger partial charge < -0.3 is 4.74 Å². The number of nitrogens with zero attached hydrogens (tertiary/aromatic N) is 3. The summed E-state index contributed by atoms with van der Waals surface area (Å²) >= 11 is 6.23. The molecule has 1 aromatic carbocycles. The van der Waals surface area contributed by atoms with Crippen LogP contribution in [-0.2, 0) is 13.7 Å². The van der Waals surface area contributed by atoms with Crippen LogP contribution in [0.15, 0.2) is 30.3 Å². The van der Waals surface area contributed by atoms with Gasteiger partial charge in [0.1, 0.15) is 23.0 Å². The molecule has 0 saturated heterocycles. The molecule has 108 valence electrons. The predicted octanol–water partition coefficient (Wildman–Crippen LogP) is 3.82. The third-order valence-corrected chi connectivity index (χ3v) is 3.94. The first-order valence-corrected chi connectivity index (χ1v) is 7.11. The van der Waals surface area contributed by atoms with E-state index in [1.54, 1.807) is 4.68 Å². The Labute approximate surface area is 128 Å². The average Bonchev–Trinajstić information content (AvgIpc) is 2.70. The number of pyridine rings is 1. The third-order valence-electron chi connectivity index (χ3n) is 3.46. The Balaban J connectivity index is 1.93. The Kier molecular flexibility index (Phi) is 3.55. The van der Waals surface area contributed by atoms with Gasteiger partial charge in [0.05, 0.1) is 5.69 Å². The Morgan fingerprint density at radius 3 is 2.71 bits per heavy atom. The molecule has 4 nitrogen and oxygen atoms in total. The number of rotatable bonds is 3. The molecule has 0 N–H and O–H groups in total. The minimum absolute atomic E-state index is 0.382. The van der Waals surface area contributed by atoms with E-state index in [0.29, 0.717) is 11.8 Å². The molecule has 3 rings (SSSR count). The van der Waals surface area contributed by atoms with Gasteiger partial charge in [-0.15, -0.1) is 0 Å². The monoisotopic (exact) mass is 301 g/mol. The van der Waals surface area contributed by atoms with E-state index in [0.717, 1.165) is 33.6 Å². The number of halogens is 1. The Hall–Kier alpha value is -2.07. The summed E-state index contributed by atoms with van der Waals surface area (Å²) in [4.78, 5) is 4.56. The van der Waals surface area contributed by atoms with E-state index in [-0.39, 0.29) is 0 Å². The Morgan fingerprint density at radius 2 is 2.00 bits per heavy atom. The molecule has 0 amide bonds. The standard InChI is InChI=1S/C16H16ClN3O/c1-10-7-8-12-5-4-6-14(15(12)18-10)21-9-13-11(2)19-20(3)16(13)17/h4-8H,9H2,1-3H3. The number of aromatic nitrogens is 3. The quantitative estimate of drug-likeness (QED) is 0.738. The fourth-order valence-corrected chi connectivity index (χ4v) is 2.55. The number of benzene rings is 1. The van der Waals surface area contributed by atoms with Crippen LogP contribution in [0.4, 0.5) is 0 Å². The lowest BCUT2D eigenvalue weighted by Gasteiger charge is -2.09. The second kappa shape index (κ2) is 5.37. The van der Waals surface area contributed by atoms with Gasteiger partial charge in [0, 0.05) is 23.7 Å². The summed E-state index contributed by atoms with van der Waals surface area (Å²) in [6, 6.07) is 9.96. The molecule has 0 unspecified atom stereocenters. The van der Waals surface area contributed by atoms with E-state index in [1.807, 2.05) is 51.2 Å². The minimum atomic E-state index is 0.382. The highest BCUT2D eigenvalue weighted by atomic mass is 35.5. The van der Waals surface area contributed by atoms with Gasteiger partial charge >= 0.3 is 0 Å². The van der Waals surface area contributed by atoms with E-state index in [2.05, 4.69) is 10.1 Å². The first-order chi connectivity index (χ1) is 10.1. The second-order valence-corrected chi connectivity index (χ2v) is 5.41. The first-order valence-electron chi connectivity index (χ1n) is 6.73. The zero-order chi connectivity index (χ0) is 15.0. The fourth-order valence-electron chi connectivity index (χ4n) is 2.32. The highest BCUT2D eigenvalue weighted by Crippen LogP contribution is 2.26. The minimum Gasteiger partial charge on any atom is -0.486 e. The molecule has 0 bridgehead atoms. The van der Waals surface area contributed by atoms with Crippen LogP contribution in [0.5, 0.6) is 5.75 Å². The van der Waals surface area contributed by atoms with Crippen molar-refractivity contribution in [2.75, 3.05) is 0 Å². The van der Waals surface area contributed by atoms with E-state index < -0.39 is 0 Å². The van der Waals surface area contributed by atoms with Gasteiger partial charge in [0.2, 0.25) is 0 Å². The van der Waals surface area contributed by atoms with Crippen molar-refractivity contribution in [1.82, 2.24) is 14.8 Å². The van der Waals surface area contributed by atoms with E-state index in [9.17, 15) is 0 Å². The molecule has 0 aliphatic carbocycles. The van der Waals surface area contributed by atoms with Crippen molar-refractivity contribution >= 4 is 22.5 Å². The van der Waals surface area contributed by atoms with E-state index in [1.165, 1.54) is 0 Å². The molecule has 0 aliphatic rings. The summed E-state index contributed by atoms with van der Waals surface area (Å²) < 4.78 is 7.59. The smallest absolute Gasteiger partial charge is 0.146 e. The Bertz CT molecular complexity index is 811. The van der Waals surface area contributed by atoms with Gasteiger partial charge in [0.15, 0.2) is 0 Å². The summed E-state index contributed by atoms with van der Waals surface area (Å²) in [5, 5.41) is 5.96. The van der Waals surface area contributed by atoms with Gasteiger partial charge in [-0.3, -0.25) is 4.68 Å². The average molecular weight is 302 g/mol. The fraction of sp³-hybridized carbons (Fsp3) is 0.250. The maximum Gasteiger partial charge on any atom is 0.146 e. The third kappa shape index (κ3) is 2.59. The molecular formula is C16H16ClN3O. The molecule has 2 aromatic heterocycles. The van der Waals surface area contributed by atoms with Crippen LogP contribution in [-0.4, -0.2) is 14.8 Å². The topological polar surface area (TPSA) is 39.9 Å². The molecule has 0 radical (unpaired) electrons. The molecular weight excluding hydrogens is 286 g/mol. The maximum atomic E-state index is 6.23. The molecule has 21 heavy (non-hydrogen) atoms. The van der Waals surface area contributed by atoms with Gasteiger partial charge in [-0.2, -0.15) is 5.10 Å². The maximum absolute atomic E-state index is 6.23. The van der Waals surface area contributed by atoms with Gasteiger partial charge in [-0.1, -0.05) is 29.8 Å². The van der Waals surface area contributed by atoms with Crippen molar-refractivity contribution in [2.45, 2.75) is 20.5 Å². The van der Waals surface area contributed by atoms with Gasteiger partial charge in [-0.25, -0.2) is 4.98 Å². The van der Waals surface area contributed by atoms with Crippen LogP contribution in [0, 0.1) is 13.8 Å². The van der Waals surface area contributed by atoms with Crippen LogP contribution in [0.1, 0.15) is 17.0 Å². The molecule has 2 heterocycles. The number of hydrogen-bond acceptors (Lipinski definition) is 3. The zero-order valence-corrected chi connectivity index (χ0v) is 13.0. The van der Waals surface area contributed by atoms with Crippen LogP contribution in [0.25, 0.3) is 10.9 Å². The highest BCUT2D eigenvalue weighted by Gasteiger charge is 2.12. The van der Waals surface area contributed by atoms with Crippen molar-refractivity contribution in [2.24, 2.45) is 7.05 Å². The predicted molar refractivity (Wildman–Crippen MR) is 83.8 cm³/mol. The van der Waals surface area contributed by atoms with Crippen LogP contribution >= 0.6 is 11.6 Å².